The first kappa shape index (κ1) is 18.6. The molecule has 1 amide bonds. The van der Waals surface area contributed by atoms with E-state index in [1.165, 1.54) is 4.40 Å². The van der Waals surface area contributed by atoms with Crippen molar-refractivity contribution in [2.75, 3.05) is 19.6 Å². The second-order valence-corrected chi connectivity index (χ2v) is 7.68. The minimum Gasteiger partial charge on any atom is -0.333 e. The van der Waals surface area contributed by atoms with E-state index in [-0.39, 0.29) is 24.1 Å². The average molecular weight is 401 g/mol. The maximum absolute atomic E-state index is 13.2. The smallest absolute Gasteiger partial charge is 0.333 e. The Morgan fingerprint density at radius 3 is 2.73 bits per heavy atom. The number of nitrogens with zero attached hydrogens (tertiary/aromatic N) is 4. The lowest BCUT2D eigenvalue weighted by Gasteiger charge is -2.36. The molecule has 1 aliphatic heterocycles. The molecule has 0 aliphatic carbocycles. The minimum absolute atomic E-state index is 0.00168. The number of nitrogens with one attached hydrogen (secondary N) is 1. The number of benzene rings is 2. The van der Waals surface area contributed by atoms with Gasteiger partial charge in [0.05, 0.1) is 23.7 Å². The number of fused-ring (bicyclic) bond motifs is 3. The molecule has 1 saturated heterocycles. The lowest BCUT2D eigenvalue weighted by atomic mass is 10.0. The summed E-state index contributed by atoms with van der Waals surface area (Å²) in [4.78, 5) is 32.6. The van der Waals surface area contributed by atoms with Crippen LogP contribution in [0.3, 0.4) is 0 Å². The molecular weight excluding hydrogens is 378 g/mol. The summed E-state index contributed by atoms with van der Waals surface area (Å²) in [5, 5.41) is 4.27. The summed E-state index contributed by atoms with van der Waals surface area (Å²) in [6.07, 6.45) is 1.87. The Morgan fingerprint density at radius 2 is 1.90 bits per heavy atom. The second-order valence-electron chi connectivity index (χ2n) is 7.68. The summed E-state index contributed by atoms with van der Waals surface area (Å²) in [5.41, 5.74) is 2.98. The Kier molecular flexibility index (Phi) is 4.59. The van der Waals surface area contributed by atoms with Crippen molar-refractivity contribution in [1.82, 2.24) is 24.2 Å². The van der Waals surface area contributed by atoms with Gasteiger partial charge in [-0.1, -0.05) is 42.5 Å². The van der Waals surface area contributed by atoms with Crippen molar-refractivity contribution in [2.24, 2.45) is 7.05 Å². The third-order valence-corrected chi connectivity index (χ3v) is 5.84. The number of para-hydroxylation sites is 1. The van der Waals surface area contributed by atoms with E-state index in [1.807, 2.05) is 47.4 Å². The highest BCUT2D eigenvalue weighted by molar-refractivity contribution is 5.91. The molecule has 7 nitrogen and oxygen atoms in total. The van der Waals surface area contributed by atoms with Crippen molar-refractivity contribution in [3.63, 3.8) is 0 Å². The normalized spacial score (nSPS) is 17.0. The lowest BCUT2D eigenvalue weighted by molar-refractivity contribution is -0.133. The molecule has 1 fully saturated rings. The number of amides is 1. The van der Waals surface area contributed by atoms with E-state index in [0.29, 0.717) is 17.9 Å². The first-order valence-corrected chi connectivity index (χ1v) is 10.1. The SMILES string of the molecule is Cn1c(=O)n2cc(CC(=O)N3CCNCC3c3ccccc3)nc2c2ccccc21. The van der Waals surface area contributed by atoms with E-state index in [9.17, 15) is 9.59 Å². The van der Waals surface area contributed by atoms with Gasteiger partial charge >= 0.3 is 5.69 Å². The van der Waals surface area contributed by atoms with Crippen LogP contribution >= 0.6 is 0 Å². The third-order valence-electron chi connectivity index (χ3n) is 5.84. The molecule has 0 spiro atoms. The summed E-state index contributed by atoms with van der Waals surface area (Å²) in [6.45, 7) is 2.15. The monoisotopic (exact) mass is 401 g/mol. The molecule has 5 rings (SSSR count). The summed E-state index contributed by atoms with van der Waals surface area (Å²) < 4.78 is 3.15. The van der Waals surface area contributed by atoms with Gasteiger partial charge in [0.15, 0.2) is 5.65 Å². The van der Waals surface area contributed by atoms with Gasteiger partial charge in [0.1, 0.15) is 0 Å². The number of hydrogen-bond donors (Lipinski definition) is 1. The van der Waals surface area contributed by atoms with Gasteiger partial charge in [-0.2, -0.15) is 0 Å². The van der Waals surface area contributed by atoms with Crippen LogP contribution in [0, 0.1) is 0 Å². The Labute approximate surface area is 173 Å². The molecular formula is C23H23N5O2. The number of aromatic nitrogens is 3. The fourth-order valence-electron chi connectivity index (χ4n) is 4.30. The standard InChI is InChI=1S/C23H23N5O2/c1-26-19-10-6-5-9-18(19)22-25-17(15-28(22)23(26)30)13-21(29)27-12-11-24-14-20(27)16-7-3-2-4-8-16/h2-10,15,20,24H,11-14H2,1H3. The number of carbonyl (C=O) groups is 1. The maximum atomic E-state index is 13.2. The lowest BCUT2D eigenvalue weighted by Crippen LogP contribution is -2.49. The van der Waals surface area contributed by atoms with Gasteiger partial charge in [-0.3, -0.25) is 13.8 Å². The van der Waals surface area contributed by atoms with Crippen LogP contribution in [0.2, 0.25) is 0 Å². The molecule has 0 radical (unpaired) electrons. The number of carbonyl (C=O) groups excluding carboxylic acids is 1. The first-order chi connectivity index (χ1) is 14.6. The zero-order valence-electron chi connectivity index (χ0n) is 16.8. The molecule has 1 atom stereocenters. The van der Waals surface area contributed by atoms with E-state index >= 15 is 0 Å². The van der Waals surface area contributed by atoms with Crippen molar-refractivity contribution in [3.8, 4) is 0 Å². The molecule has 0 bridgehead atoms. The summed E-state index contributed by atoms with van der Waals surface area (Å²) in [5.74, 6) is 0.0230. The van der Waals surface area contributed by atoms with Crippen LogP contribution in [0.1, 0.15) is 17.3 Å². The predicted octanol–water partition coefficient (Wildman–Crippen LogP) is 1.90. The van der Waals surface area contributed by atoms with Crippen molar-refractivity contribution < 1.29 is 4.79 Å². The molecule has 1 N–H and O–H groups in total. The zero-order chi connectivity index (χ0) is 20.7. The molecule has 1 unspecified atom stereocenters. The van der Waals surface area contributed by atoms with E-state index < -0.39 is 0 Å². The number of imidazole rings is 1. The number of aryl methyl sites for hydroxylation is 1. The van der Waals surface area contributed by atoms with E-state index in [2.05, 4.69) is 22.4 Å². The first-order valence-electron chi connectivity index (χ1n) is 10.1. The van der Waals surface area contributed by atoms with Crippen molar-refractivity contribution in [2.45, 2.75) is 12.5 Å². The fraction of sp³-hybridized carbons (Fsp3) is 0.261. The fourth-order valence-corrected chi connectivity index (χ4v) is 4.30. The minimum atomic E-state index is -0.167. The van der Waals surface area contributed by atoms with Gasteiger partial charge in [-0.05, 0) is 17.7 Å². The van der Waals surface area contributed by atoms with Crippen LogP contribution < -0.4 is 11.0 Å². The predicted molar refractivity (Wildman–Crippen MR) is 115 cm³/mol. The zero-order valence-corrected chi connectivity index (χ0v) is 16.8. The van der Waals surface area contributed by atoms with Crippen LogP contribution in [0.25, 0.3) is 16.6 Å². The van der Waals surface area contributed by atoms with Gasteiger partial charge in [0, 0.05) is 38.3 Å². The van der Waals surface area contributed by atoms with Crippen molar-refractivity contribution in [3.05, 3.63) is 82.5 Å². The van der Waals surface area contributed by atoms with Crippen molar-refractivity contribution in [1.29, 1.82) is 0 Å². The summed E-state index contributed by atoms with van der Waals surface area (Å²) in [7, 11) is 1.75. The quantitative estimate of drug-likeness (QED) is 0.569. The Bertz CT molecular complexity index is 1290. The van der Waals surface area contributed by atoms with Crippen LogP contribution in [-0.4, -0.2) is 44.4 Å². The van der Waals surface area contributed by atoms with Gasteiger partial charge in [0.2, 0.25) is 5.91 Å². The van der Waals surface area contributed by atoms with Crippen LogP contribution in [0.15, 0.2) is 65.6 Å². The molecule has 1 aliphatic rings. The van der Waals surface area contributed by atoms with Crippen LogP contribution in [-0.2, 0) is 18.3 Å². The molecule has 7 heteroatoms. The molecule has 2 aromatic heterocycles. The van der Waals surface area contributed by atoms with Gasteiger partial charge in [-0.25, -0.2) is 9.78 Å². The topological polar surface area (TPSA) is 71.6 Å². The average Bonchev–Trinajstić information content (AvgIpc) is 3.22. The summed E-state index contributed by atoms with van der Waals surface area (Å²) in [6, 6.07) is 17.8. The molecule has 4 aromatic rings. The van der Waals surface area contributed by atoms with Gasteiger partial charge in [0.25, 0.3) is 0 Å². The number of hydrogen-bond acceptors (Lipinski definition) is 4. The highest BCUT2D eigenvalue weighted by Crippen LogP contribution is 2.23. The highest BCUT2D eigenvalue weighted by Gasteiger charge is 2.28. The number of rotatable bonds is 3. The van der Waals surface area contributed by atoms with E-state index in [1.54, 1.807) is 17.8 Å². The van der Waals surface area contributed by atoms with E-state index in [4.69, 9.17) is 0 Å². The molecule has 152 valence electrons. The molecule has 0 saturated carbocycles. The van der Waals surface area contributed by atoms with Crippen LogP contribution in [0.4, 0.5) is 0 Å². The third kappa shape index (κ3) is 3.07. The van der Waals surface area contributed by atoms with Crippen LogP contribution in [0.5, 0.6) is 0 Å². The van der Waals surface area contributed by atoms with Gasteiger partial charge < -0.3 is 10.2 Å². The Balaban J connectivity index is 1.49. The van der Waals surface area contributed by atoms with E-state index in [0.717, 1.165) is 29.6 Å². The Hall–Kier alpha value is -3.45. The maximum Gasteiger partial charge on any atom is 0.334 e. The molecule has 2 aromatic carbocycles. The highest BCUT2D eigenvalue weighted by atomic mass is 16.2. The summed E-state index contributed by atoms with van der Waals surface area (Å²) >= 11 is 0. The number of piperazine rings is 1. The van der Waals surface area contributed by atoms with Crippen molar-refractivity contribution >= 4 is 22.5 Å². The van der Waals surface area contributed by atoms with Gasteiger partial charge in [-0.15, -0.1) is 0 Å². The largest absolute Gasteiger partial charge is 0.334 e. The second kappa shape index (κ2) is 7.42. The molecule has 3 heterocycles. The Morgan fingerprint density at radius 1 is 1.13 bits per heavy atom. The molecule has 30 heavy (non-hydrogen) atoms.